The molecule has 0 unspecified atom stereocenters. The zero-order valence-electron chi connectivity index (χ0n) is 9.12. The number of aromatic nitrogens is 3. The molecule has 0 saturated heterocycles. The summed E-state index contributed by atoms with van der Waals surface area (Å²) in [6.45, 7) is 1.97. The highest BCUT2D eigenvalue weighted by atomic mass is 32.1. The van der Waals surface area contributed by atoms with E-state index in [0.717, 1.165) is 28.2 Å². The number of pyridine rings is 1. The molecule has 0 saturated carbocycles. The lowest BCUT2D eigenvalue weighted by Crippen LogP contribution is -1.93. The number of nitrogens with zero attached hydrogens (tertiary/aromatic N) is 3. The molecule has 0 aromatic carbocycles. The first-order valence-corrected chi connectivity index (χ1v) is 6.01. The summed E-state index contributed by atoms with van der Waals surface area (Å²) in [6, 6.07) is 3.71. The van der Waals surface area contributed by atoms with E-state index in [4.69, 9.17) is 0 Å². The van der Waals surface area contributed by atoms with Crippen LogP contribution in [0.5, 0.6) is 0 Å². The predicted molar refractivity (Wildman–Crippen MR) is 66.4 cm³/mol. The summed E-state index contributed by atoms with van der Waals surface area (Å²) in [5.41, 5.74) is 3.26. The van der Waals surface area contributed by atoms with Crippen molar-refractivity contribution in [3.05, 3.63) is 41.3 Å². The fourth-order valence-corrected chi connectivity index (χ4v) is 2.73. The van der Waals surface area contributed by atoms with E-state index in [-0.39, 0.29) is 0 Å². The van der Waals surface area contributed by atoms with Crippen molar-refractivity contribution in [3.63, 3.8) is 0 Å². The lowest BCUT2D eigenvalue weighted by atomic mass is 10.1. The number of rotatable bonds is 2. The molecule has 0 aliphatic heterocycles. The van der Waals surface area contributed by atoms with E-state index in [1.807, 2.05) is 28.8 Å². The molecule has 3 rings (SSSR count). The quantitative estimate of drug-likeness (QED) is 0.650. The Labute approximate surface area is 102 Å². The third-order valence-electron chi connectivity index (χ3n) is 2.64. The van der Waals surface area contributed by atoms with Crippen LogP contribution in [0.25, 0.3) is 16.2 Å². The summed E-state index contributed by atoms with van der Waals surface area (Å²) in [7, 11) is 0. The molecule has 4 nitrogen and oxygen atoms in total. The molecule has 3 aromatic heterocycles. The van der Waals surface area contributed by atoms with Gasteiger partial charge in [-0.05, 0) is 19.1 Å². The normalized spacial score (nSPS) is 10.9. The van der Waals surface area contributed by atoms with Crippen molar-refractivity contribution >= 4 is 22.6 Å². The van der Waals surface area contributed by atoms with Gasteiger partial charge in [-0.2, -0.15) is 0 Å². The maximum absolute atomic E-state index is 11.3. The van der Waals surface area contributed by atoms with Gasteiger partial charge in [0.15, 0.2) is 11.2 Å². The molecular weight excluding hydrogens is 234 g/mol. The Balaban J connectivity index is 2.34. The van der Waals surface area contributed by atoms with Crippen LogP contribution >= 0.6 is 11.3 Å². The van der Waals surface area contributed by atoms with E-state index in [1.54, 1.807) is 12.4 Å². The van der Waals surface area contributed by atoms with Crippen LogP contribution in [0.4, 0.5) is 0 Å². The van der Waals surface area contributed by atoms with Gasteiger partial charge in [-0.15, -0.1) is 11.3 Å². The minimum atomic E-state index is 0.602. The van der Waals surface area contributed by atoms with Gasteiger partial charge in [-0.3, -0.25) is 14.2 Å². The minimum absolute atomic E-state index is 0.602. The Bertz CT molecular complexity index is 684. The zero-order valence-corrected chi connectivity index (χ0v) is 9.94. The topological polar surface area (TPSA) is 47.3 Å². The molecule has 3 heterocycles. The Morgan fingerprint density at radius 2 is 2.12 bits per heavy atom. The van der Waals surface area contributed by atoms with Crippen molar-refractivity contribution < 1.29 is 4.79 Å². The van der Waals surface area contributed by atoms with Crippen LogP contribution in [-0.4, -0.2) is 20.7 Å². The van der Waals surface area contributed by atoms with Gasteiger partial charge in [0.1, 0.15) is 11.4 Å². The molecule has 0 bridgehead atoms. The minimum Gasteiger partial charge on any atom is -0.296 e. The number of thiazole rings is 1. The van der Waals surface area contributed by atoms with Crippen LogP contribution in [-0.2, 0) is 0 Å². The number of carbonyl (C=O) groups is 1. The van der Waals surface area contributed by atoms with Gasteiger partial charge in [0.05, 0.1) is 0 Å². The number of aldehydes is 1. The first-order valence-electron chi connectivity index (χ1n) is 5.13. The monoisotopic (exact) mass is 243 g/mol. The summed E-state index contributed by atoms with van der Waals surface area (Å²) in [6.07, 6.45) is 4.25. The standard InChI is InChI=1S/C12H9N3OS/c1-8-7-17-12-14-11(10(6-16)15(8)12)9-2-4-13-5-3-9/h2-7H,1H3. The number of fused-ring (bicyclic) bond motifs is 1. The first-order chi connectivity index (χ1) is 8.31. The second-order valence-electron chi connectivity index (χ2n) is 3.69. The summed E-state index contributed by atoms with van der Waals surface area (Å²) >= 11 is 1.54. The van der Waals surface area contributed by atoms with E-state index in [2.05, 4.69) is 9.97 Å². The van der Waals surface area contributed by atoms with E-state index < -0.39 is 0 Å². The highest BCUT2D eigenvalue weighted by molar-refractivity contribution is 7.15. The van der Waals surface area contributed by atoms with Gasteiger partial charge in [0, 0.05) is 29.0 Å². The Kier molecular flexibility index (Phi) is 2.26. The highest BCUT2D eigenvalue weighted by Crippen LogP contribution is 2.26. The van der Waals surface area contributed by atoms with Crippen molar-refractivity contribution in [1.82, 2.24) is 14.4 Å². The summed E-state index contributed by atoms with van der Waals surface area (Å²) in [5, 5.41) is 1.99. The van der Waals surface area contributed by atoms with Crippen LogP contribution in [0, 0.1) is 6.92 Å². The fourth-order valence-electron chi connectivity index (χ4n) is 1.85. The smallest absolute Gasteiger partial charge is 0.195 e. The van der Waals surface area contributed by atoms with Crippen molar-refractivity contribution in [1.29, 1.82) is 0 Å². The number of hydrogen-bond donors (Lipinski definition) is 0. The van der Waals surface area contributed by atoms with Gasteiger partial charge in [-0.25, -0.2) is 4.98 Å². The fraction of sp³-hybridized carbons (Fsp3) is 0.0833. The van der Waals surface area contributed by atoms with Crippen LogP contribution in [0.2, 0.25) is 0 Å². The molecule has 0 spiro atoms. The molecule has 5 heteroatoms. The molecule has 0 atom stereocenters. The van der Waals surface area contributed by atoms with Gasteiger partial charge >= 0.3 is 0 Å². The number of carbonyl (C=O) groups excluding carboxylic acids is 1. The molecule has 84 valence electrons. The Hall–Kier alpha value is -2.01. The molecule has 0 radical (unpaired) electrons. The molecule has 0 amide bonds. The Morgan fingerprint density at radius 1 is 1.35 bits per heavy atom. The Morgan fingerprint density at radius 3 is 2.82 bits per heavy atom. The van der Waals surface area contributed by atoms with Gasteiger partial charge in [-0.1, -0.05) is 0 Å². The van der Waals surface area contributed by atoms with E-state index in [9.17, 15) is 4.79 Å². The molecule has 0 aliphatic carbocycles. The van der Waals surface area contributed by atoms with Crippen LogP contribution in [0.15, 0.2) is 29.9 Å². The third-order valence-corrected chi connectivity index (χ3v) is 3.58. The van der Waals surface area contributed by atoms with Crippen LogP contribution in [0.1, 0.15) is 16.2 Å². The van der Waals surface area contributed by atoms with Gasteiger partial charge in [0.2, 0.25) is 0 Å². The first kappa shape index (κ1) is 10.2. The third kappa shape index (κ3) is 1.47. The van der Waals surface area contributed by atoms with Crippen molar-refractivity contribution in [2.24, 2.45) is 0 Å². The summed E-state index contributed by atoms with van der Waals surface area (Å²) in [5.74, 6) is 0. The van der Waals surface area contributed by atoms with Gasteiger partial charge < -0.3 is 0 Å². The SMILES string of the molecule is Cc1csc2nc(-c3ccncc3)c(C=O)n12. The maximum Gasteiger partial charge on any atom is 0.195 e. The highest BCUT2D eigenvalue weighted by Gasteiger charge is 2.15. The molecule has 0 aliphatic rings. The van der Waals surface area contributed by atoms with Crippen LogP contribution < -0.4 is 0 Å². The zero-order chi connectivity index (χ0) is 11.8. The largest absolute Gasteiger partial charge is 0.296 e. The molecule has 3 aromatic rings. The van der Waals surface area contributed by atoms with Crippen LogP contribution in [0.3, 0.4) is 0 Å². The van der Waals surface area contributed by atoms with Crippen molar-refractivity contribution in [2.75, 3.05) is 0 Å². The predicted octanol–water partition coefficient (Wildman–Crippen LogP) is 2.58. The van der Waals surface area contributed by atoms with Crippen molar-refractivity contribution in [2.45, 2.75) is 6.92 Å². The second kappa shape index (κ2) is 3.78. The molecule has 17 heavy (non-hydrogen) atoms. The van der Waals surface area contributed by atoms with E-state index in [1.165, 1.54) is 11.3 Å². The lowest BCUT2D eigenvalue weighted by molar-refractivity contribution is 0.111. The molecule has 0 fully saturated rings. The number of imidazole rings is 1. The number of hydrogen-bond acceptors (Lipinski definition) is 4. The average molecular weight is 243 g/mol. The van der Waals surface area contributed by atoms with E-state index in [0.29, 0.717) is 5.69 Å². The summed E-state index contributed by atoms with van der Waals surface area (Å²) in [4.78, 5) is 20.6. The maximum atomic E-state index is 11.3. The average Bonchev–Trinajstić information content (AvgIpc) is 2.91. The molecular formula is C12H9N3OS. The lowest BCUT2D eigenvalue weighted by Gasteiger charge is -1.97. The van der Waals surface area contributed by atoms with E-state index >= 15 is 0 Å². The molecule has 0 N–H and O–H groups in total. The number of aryl methyl sites for hydroxylation is 1. The van der Waals surface area contributed by atoms with Gasteiger partial charge in [0.25, 0.3) is 0 Å². The summed E-state index contributed by atoms with van der Waals surface area (Å²) < 4.78 is 1.88. The second-order valence-corrected chi connectivity index (χ2v) is 4.53. The van der Waals surface area contributed by atoms with Crippen molar-refractivity contribution in [3.8, 4) is 11.3 Å².